The number of carbonyl (C=O) groups is 2. The molecule has 0 radical (unpaired) electrons. The van der Waals surface area contributed by atoms with Crippen LogP contribution in [0.15, 0.2) is 0 Å². The second-order valence-corrected chi connectivity index (χ2v) is 4.28. The van der Waals surface area contributed by atoms with E-state index in [1.165, 1.54) is 0 Å². The minimum Gasteiger partial charge on any atom is -0.341 e. The molecule has 1 fully saturated rings. The van der Waals surface area contributed by atoms with Gasteiger partial charge in [-0.3, -0.25) is 0 Å². The predicted octanol–water partition coefficient (Wildman–Crippen LogP) is 0.546. The molecule has 6 heteroatoms. The van der Waals surface area contributed by atoms with E-state index in [4.69, 9.17) is 0 Å². The molecule has 1 saturated carbocycles. The Hall–Kier alpha value is -1.46. The van der Waals surface area contributed by atoms with Crippen molar-refractivity contribution in [2.45, 2.75) is 44.7 Å². The first kappa shape index (κ1) is 13.6. The van der Waals surface area contributed by atoms with Crippen molar-refractivity contribution in [2.75, 3.05) is 13.6 Å². The molecular formula is C11H22N4O2. The Morgan fingerprint density at radius 1 is 1.00 bits per heavy atom. The van der Waals surface area contributed by atoms with Crippen LogP contribution in [0.1, 0.15) is 32.6 Å². The van der Waals surface area contributed by atoms with Gasteiger partial charge in [-0.25, -0.2) is 9.59 Å². The second kappa shape index (κ2) is 6.98. The summed E-state index contributed by atoms with van der Waals surface area (Å²) in [6.07, 6.45) is 3.63. The summed E-state index contributed by atoms with van der Waals surface area (Å²) in [6.45, 7) is 2.53. The molecule has 0 atom stereocenters. The van der Waals surface area contributed by atoms with Gasteiger partial charge >= 0.3 is 12.1 Å². The Kier molecular flexibility index (Phi) is 5.59. The molecule has 0 heterocycles. The van der Waals surface area contributed by atoms with E-state index in [-0.39, 0.29) is 24.1 Å². The lowest BCUT2D eigenvalue weighted by atomic mass is 9.91. The van der Waals surface area contributed by atoms with Gasteiger partial charge < -0.3 is 21.3 Å². The van der Waals surface area contributed by atoms with Crippen LogP contribution in [0.25, 0.3) is 0 Å². The normalized spacial score (nSPS) is 23.6. The average Bonchev–Trinajstić information content (AvgIpc) is 2.32. The van der Waals surface area contributed by atoms with Gasteiger partial charge in [0.25, 0.3) is 0 Å². The van der Waals surface area contributed by atoms with Crippen molar-refractivity contribution in [3.63, 3.8) is 0 Å². The van der Waals surface area contributed by atoms with E-state index in [0.29, 0.717) is 6.54 Å². The maximum atomic E-state index is 11.3. The van der Waals surface area contributed by atoms with Gasteiger partial charge in [0.2, 0.25) is 0 Å². The SMILES string of the molecule is CCNC(=O)NC1CCC(NC(=O)NC)CC1. The molecule has 0 aromatic carbocycles. The van der Waals surface area contributed by atoms with Crippen LogP contribution >= 0.6 is 0 Å². The van der Waals surface area contributed by atoms with E-state index in [1.807, 2.05) is 6.92 Å². The van der Waals surface area contributed by atoms with Crippen molar-refractivity contribution in [3.05, 3.63) is 0 Å². The highest BCUT2D eigenvalue weighted by atomic mass is 16.2. The molecule has 1 rings (SSSR count). The molecule has 0 aromatic heterocycles. The highest BCUT2D eigenvalue weighted by molar-refractivity contribution is 5.74. The molecule has 1 aliphatic rings. The zero-order valence-electron chi connectivity index (χ0n) is 10.5. The molecule has 17 heavy (non-hydrogen) atoms. The fourth-order valence-corrected chi connectivity index (χ4v) is 2.04. The van der Waals surface area contributed by atoms with Crippen LogP contribution in [-0.2, 0) is 0 Å². The van der Waals surface area contributed by atoms with Crippen molar-refractivity contribution in [1.82, 2.24) is 21.3 Å². The van der Waals surface area contributed by atoms with E-state index >= 15 is 0 Å². The Morgan fingerprint density at radius 3 is 1.88 bits per heavy atom. The summed E-state index contributed by atoms with van der Waals surface area (Å²) in [6, 6.07) is 0.215. The largest absolute Gasteiger partial charge is 0.341 e. The minimum atomic E-state index is -0.134. The van der Waals surface area contributed by atoms with E-state index in [1.54, 1.807) is 7.05 Å². The van der Waals surface area contributed by atoms with E-state index < -0.39 is 0 Å². The molecule has 0 unspecified atom stereocenters. The number of hydrogen-bond acceptors (Lipinski definition) is 2. The minimum absolute atomic E-state index is 0.102. The summed E-state index contributed by atoms with van der Waals surface area (Å²) >= 11 is 0. The quantitative estimate of drug-likeness (QED) is 0.583. The molecule has 0 saturated heterocycles. The van der Waals surface area contributed by atoms with Crippen molar-refractivity contribution in [2.24, 2.45) is 0 Å². The Morgan fingerprint density at radius 2 is 1.47 bits per heavy atom. The monoisotopic (exact) mass is 242 g/mol. The number of carbonyl (C=O) groups excluding carboxylic acids is 2. The average molecular weight is 242 g/mol. The standard InChI is InChI=1S/C11H22N4O2/c1-3-13-11(17)15-9-6-4-8(5-7-9)14-10(16)12-2/h8-9H,3-7H2,1-2H3,(H2,12,14,16)(H2,13,15,17). The summed E-state index contributed by atoms with van der Waals surface area (Å²) in [4.78, 5) is 22.4. The molecule has 4 N–H and O–H groups in total. The van der Waals surface area contributed by atoms with Crippen LogP contribution < -0.4 is 21.3 Å². The third kappa shape index (κ3) is 4.93. The van der Waals surface area contributed by atoms with Gasteiger partial charge in [0, 0.05) is 25.7 Å². The number of nitrogens with one attached hydrogen (secondary N) is 4. The van der Waals surface area contributed by atoms with Gasteiger partial charge in [0.15, 0.2) is 0 Å². The maximum Gasteiger partial charge on any atom is 0.314 e. The fourth-order valence-electron chi connectivity index (χ4n) is 2.04. The highest BCUT2D eigenvalue weighted by Gasteiger charge is 2.22. The number of urea groups is 2. The fraction of sp³-hybridized carbons (Fsp3) is 0.818. The third-order valence-corrected chi connectivity index (χ3v) is 2.96. The maximum absolute atomic E-state index is 11.3. The number of amides is 4. The Labute approximate surface area is 102 Å². The zero-order chi connectivity index (χ0) is 12.7. The summed E-state index contributed by atoms with van der Waals surface area (Å²) in [5.74, 6) is 0. The van der Waals surface area contributed by atoms with Gasteiger partial charge in [0.05, 0.1) is 0 Å². The van der Waals surface area contributed by atoms with Gasteiger partial charge in [-0.2, -0.15) is 0 Å². The first-order valence-corrected chi connectivity index (χ1v) is 6.18. The Balaban J connectivity index is 2.21. The van der Waals surface area contributed by atoms with E-state index in [0.717, 1.165) is 25.7 Å². The van der Waals surface area contributed by atoms with Crippen LogP contribution in [0.2, 0.25) is 0 Å². The van der Waals surface area contributed by atoms with Crippen LogP contribution in [0.4, 0.5) is 9.59 Å². The van der Waals surface area contributed by atoms with Crippen molar-refractivity contribution in [3.8, 4) is 0 Å². The van der Waals surface area contributed by atoms with Crippen LogP contribution in [0.5, 0.6) is 0 Å². The lowest BCUT2D eigenvalue weighted by Crippen LogP contribution is -2.48. The van der Waals surface area contributed by atoms with Gasteiger partial charge in [0.1, 0.15) is 0 Å². The topological polar surface area (TPSA) is 82.3 Å². The molecule has 98 valence electrons. The van der Waals surface area contributed by atoms with Gasteiger partial charge in [-0.1, -0.05) is 0 Å². The van der Waals surface area contributed by atoms with E-state index in [2.05, 4.69) is 21.3 Å². The lowest BCUT2D eigenvalue weighted by Gasteiger charge is -2.29. The van der Waals surface area contributed by atoms with Crippen LogP contribution in [-0.4, -0.2) is 37.7 Å². The summed E-state index contributed by atoms with van der Waals surface area (Å²) < 4.78 is 0. The molecule has 4 amide bonds. The molecule has 1 aliphatic carbocycles. The molecule has 0 bridgehead atoms. The first-order valence-electron chi connectivity index (χ1n) is 6.18. The summed E-state index contributed by atoms with van der Waals surface area (Å²) in [5, 5.41) is 11.1. The summed E-state index contributed by atoms with van der Waals surface area (Å²) in [7, 11) is 1.61. The molecular weight excluding hydrogens is 220 g/mol. The first-order chi connectivity index (χ1) is 8.15. The number of hydrogen-bond donors (Lipinski definition) is 4. The second-order valence-electron chi connectivity index (χ2n) is 4.28. The molecule has 0 aromatic rings. The van der Waals surface area contributed by atoms with Crippen LogP contribution in [0, 0.1) is 0 Å². The van der Waals surface area contributed by atoms with Crippen molar-refractivity contribution >= 4 is 12.1 Å². The predicted molar refractivity (Wildman–Crippen MR) is 65.8 cm³/mol. The smallest absolute Gasteiger partial charge is 0.314 e. The molecule has 0 spiro atoms. The highest BCUT2D eigenvalue weighted by Crippen LogP contribution is 2.18. The number of rotatable bonds is 3. The van der Waals surface area contributed by atoms with E-state index in [9.17, 15) is 9.59 Å². The van der Waals surface area contributed by atoms with Gasteiger partial charge in [-0.15, -0.1) is 0 Å². The van der Waals surface area contributed by atoms with Crippen LogP contribution in [0.3, 0.4) is 0 Å². The van der Waals surface area contributed by atoms with Crippen molar-refractivity contribution in [1.29, 1.82) is 0 Å². The molecule has 6 nitrogen and oxygen atoms in total. The third-order valence-electron chi connectivity index (χ3n) is 2.96. The molecule has 0 aliphatic heterocycles. The van der Waals surface area contributed by atoms with Gasteiger partial charge in [-0.05, 0) is 32.6 Å². The lowest BCUT2D eigenvalue weighted by molar-refractivity contribution is 0.222. The summed E-state index contributed by atoms with van der Waals surface area (Å²) in [5.41, 5.74) is 0. The van der Waals surface area contributed by atoms with Crippen molar-refractivity contribution < 1.29 is 9.59 Å². The zero-order valence-corrected chi connectivity index (χ0v) is 10.5. The Bertz CT molecular complexity index is 262.